The van der Waals surface area contributed by atoms with Gasteiger partial charge < -0.3 is 4.74 Å². The molecule has 90 valence electrons. The van der Waals surface area contributed by atoms with Crippen molar-refractivity contribution in [3.8, 4) is 17.6 Å². The van der Waals surface area contributed by atoms with Crippen LogP contribution in [0.3, 0.4) is 0 Å². The molecule has 0 radical (unpaired) electrons. The second-order valence-electron chi connectivity index (χ2n) is 3.79. The summed E-state index contributed by atoms with van der Waals surface area (Å²) in [4.78, 5) is 0. The summed E-state index contributed by atoms with van der Waals surface area (Å²) < 4.78 is 19.0. The number of hydrogen-bond donors (Lipinski definition) is 0. The molecule has 0 aliphatic heterocycles. The van der Waals surface area contributed by atoms with Crippen molar-refractivity contribution in [1.29, 1.82) is 5.26 Å². The molecule has 0 aromatic heterocycles. The van der Waals surface area contributed by atoms with Gasteiger partial charge in [0.15, 0.2) is 11.6 Å². The third kappa shape index (κ3) is 2.61. The van der Waals surface area contributed by atoms with Gasteiger partial charge in [-0.1, -0.05) is 17.7 Å². The van der Waals surface area contributed by atoms with E-state index >= 15 is 0 Å². The Hall–Kier alpha value is -2.05. The average molecular weight is 262 g/mol. The van der Waals surface area contributed by atoms with Crippen molar-refractivity contribution in [1.82, 2.24) is 0 Å². The maximum absolute atomic E-state index is 13.6. The summed E-state index contributed by atoms with van der Waals surface area (Å²) in [6.07, 6.45) is 0. The number of rotatable bonds is 2. The highest BCUT2D eigenvalue weighted by atomic mass is 35.5. The molecule has 0 aliphatic carbocycles. The van der Waals surface area contributed by atoms with Crippen LogP contribution in [0.15, 0.2) is 36.4 Å². The first-order valence-electron chi connectivity index (χ1n) is 5.24. The van der Waals surface area contributed by atoms with Crippen LogP contribution in [-0.4, -0.2) is 0 Å². The van der Waals surface area contributed by atoms with Gasteiger partial charge in [-0.25, -0.2) is 4.39 Å². The molecule has 0 N–H and O–H groups in total. The predicted molar refractivity (Wildman–Crippen MR) is 67.4 cm³/mol. The van der Waals surface area contributed by atoms with Gasteiger partial charge in [0.05, 0.1) is 16.7 Å². The smallest absolute Gasteiger partial charge is 0.167 e. The fraction of sp³-hybridized carbons (Fsp3) is 0.0714. The van der Waals surface area contributed by atoms with Crippen LogP contribution in [0.25, 0.3) is 0 Å². The molecule has 18 heavy (non-hydrogen) atoms. The topological polar surface area (TPSA) is 33.0 Å². The zero-order valence-electron chi connectivity index (χ0n) is 9.58. The van der Waals surface area contributed by atoms with Crippen LogP contribution < -0.4 is 4.74 Å². The van der Waals surface area contributed by atoms with E-state index < -0.39 is 5.82 Å². The fourth-order valence-electron chi connectivity index (χ4n) is 1.46. The van der Waals surface area contributed by atoms with Crippen LogP contribution in [0.1, 0.15) is 11.1 Å². The lowest BCUT2D eigenvalue weighted by Crippen LogP contribution is -1.90. The first-order chi connectivity index (χ1) is 8.60. The van der Waals surface area contributed by atoms with Crippen LogP contribution in [-0.2, 0) is 0 Å². The molecule has 0 atom stereocenters. The van der Waals surface area contributed by atoms with Gasteiger partial charge in [-0.05, 0) is 42.8 Å². The minimum atomic E-state index is -0.591. The van der Waals surface area contributed by atoms with Crippen LogP contribution in [0, 0.1) is 24.1 Å². The minimum Gasteiger partial charge on any atom is -0.453 e. The molecule has 0 fully saturated rings. The summed E-state index contributed by atoms with van der Waals surface area (Å²) in [6.45, 7) is 1.89. The molecular weight excluding hydrogens is 253 g/mol. The molecule has 2 aromatic rings. The van der Waals surface area contributed by atoms with E-state index in [1.807, 2.05) is 19.1 Å². The zero-order chi connectivity index (χ0) is 13.1. The molecule has 0 heterocycles. The summed E-state index contributed by atoms with van der Waals surface area (Å²) in [5.41, 5.74) is 1.21. The van der Waals surface area contributed by atoms with E-state index in [1.54, 1.807) is 12.1 Å². The van der Waals surface area contributed by atoms with Gasteiger partial charge in [0, 0.05) is 0 Å². The van der Waals surface area contributed by atoms with E-state index in [2.05, 4.69) is 0 Å². The van der Waals surface area contributed by atoms with E-state index in [4.69, 9.17) is 21.6 Å². The van der Waals surface area contributed by atoms with Crippen molar-refractivity contribution in [2.45, 2.75) is 6.92 Å². The van der Waals surface area contributed by atoms with Gasteiger partial charge in [-0.2, -0.15) is 5.26 Å². The number of hydrogen-bond acceptors (Lipinski definition) is 2. The van der Waals surface area contributed by atoms with E-state index in [9.17, 15) is 4.39 Å². The van der Waals surface area contributed by atoms with Gasteiger partial charge >= 0.3 is 0 Å². The van der Waals surface area contributed by atoms with Crippen molar-refractivity contribution in [3.63, 3.8) is 0 Å². The lowest BCUT2D eigenvalue weighted by Gasteiger charge is -2.09. The molecule has 0 bridgehead atoms. The lowest BCUT2D eigenvalue weighted by atomic mass is 10.2. The molecule has 2 nitrogen and oxygen atoms in total. The molecular formula is C14H9ClFNO. The molecule has 0 saturated carbocycles. The van der Waals surface area contributed by atoms with Crippen molar-refractivity contribution in [3.05, 3.63) is 58.4 Å². The van der Waals surface area contributed by atoms with E-state index in [0.29, 0.717) is 10.8 Å². The van der Waals surface area contributed by atoms with Crippen LogP contribution in [0.2, 0.25) is 5.02 Å². The first-order valence-corrected chi connectivity index (χ1v) is 5.61. The monoisotopic (exact) mass is 261 g/mol. The Kier molecular flexibility index (Phi) is 3.50. The average Bonchev–Trinajstić information content (AvgIpc) is 2.36. The van der Waals surface area contributed by atoms with Crippen molar-refractivity contribution in [2.24, 2.45) is 0 Å². The molecule has 2 aromatic carbocycles. The van der Waals surface area contributed by atoms with Crippen molar-refractivity contribution >= 4 is 11.6 Å². The normalized spacial score (nSPS) is 9.89. The number of halogens is 2. The van der Waals surface area contributed by atoms with Crippen LogP contribution >= 0.6 is 11.6 Å². The largest absolute Gasteiger partial charge is 0.453 e. The molecule has 0 saturated heterocycles. The Balaban J connectivity index is 2.34. The summed E-state index contributed by atoms with van der Waals surface area (Å²) in [5, 5.41) is 9.05. The standard InChI is InChI=1S/C14H9ClFNO/c1-9-2-4-11(15)14(6-9)18-13-5-3-10(8-17)7-12(13)16/h2-7H,1H3. The van der Waals surface area contributed by atoms with Crippen molar-refractivity contribution in [2.75, 3.05) is 0 Å². The maximum Gasteiger partial charge on any atom is 0.167 e. The quantitative estimate of drug-likeness (QED) is 0.800. The fourth-order valence-corrected chi connectivity index (χ4v) is 1.62. The Morgan fingerprint density at radius 1 is 1.17 bits per heavy atom. The number of ether oxygens (including phenoxy) is 1. The Labute approximate surface area is 109 Å². The highest BCUT2D eigenvalue weighted by Gasteiger charge is 2.08. The van der Waals surface area contributed by atoms with Crippen molar-refractivity contribution < 1.29 is 9.13 Å². The number of nitriles is 1. The number of nitrogens with zero attached hydrogens (tertiary/aromatic N) is 1. The van der Waals surface area contributed by atoms with Gasteiger partial charge in [-0.15, -0.1) is 0 Å². The summed E-state index contributed by atoms with van der Waals surface area (Å²) in [5.74, 6) is -0.159. The lowest BCUT2D eigenvalue weighted by molar-refractivity contribution is 0.442. The van der Waals surface area contributed by atoms with Gasteiger partial charge in [0.2, 0.25) is 0 Å². The molecule has 0 amide bonds. The number of aryl methyl sites for hydroxylation is 1. The summed E-state index contributed by atoms with van der Waals surface area (Å²) in [7, 11) is 0. The third-order valence-electron chi connectivity index (χ3n) is 2.37. The third-order valence-corrected chi connectivity index (χ3v) is 2.68. The van der Waals surface area contributed by atoms with Gasteiger partial charge in [-0.3, -0.25) is 0 Å². The highest BCUT2D eigenvalue weighted by molar-refractivity contribution is 6.32. The Bertz CT molecular complexity index is 634. The molecule has 4 heteroatoms. The first kappa shape index (κ1) is 12.4. The van der Waals surface area contributed by atoms with Gasteiger partial charge in [0.1, 0.15) is 5.75 Å². The summed E-state index contributed by atoms with van der Waals surface area (Å²) in [6, 6.07) is 11.1. The Morgan fingerprint density at radius 2 is 1.94 bits per heavy atom. The van der Waals surface area contributed by atoms with Gasteiger partial charge in [0.25, 0.3) is 0 Å². The molecule has 0 unspecified atom stereocenters. The molecule has 2 rings (SSSR count). The number of benzene rings is 2. The maximum atomic E-state index is 13.6. The van der Waals surface area contributed by atoms with E-state index in [0.717, 1.165) is 11.6 Å². The van der Waals surface area contributed by atoms with E-state index in [-0.39, 0.29) is 11.3 Å². The van der Waals surface area contributed by atoms with E-state index in [1.165, 1.54) is 12.1 Å². The molecule has 0 aliphatic rings. The predicted octanol–water partition coefficient (Wildman–Crippen LogP) is 4.45. The Morgan fingerprint density at radius 3 is 2.61 bits per heavy atom. The second-order valence-corrected chi connectivity index (χ2v) is 4.20. The SMILES string of the molecule is Cc1ccc(Cl)c(Oc2ccc(C#N)cc2F)c1. The minimum absolute atomic E-state index is 0.0431. The van der Waals surface area contributed by atoms with Crippen LogP contribution in [0.5, 0.6) is 11.5 Å². The molecule has 0 spiro atoms. The summed E-state index contributed by atoms with van der Waals surface area (Å²) >= 11 is 5.96. The van der Waals surface area contributed by atoms with Crippen LogP contribution in [0.4, 0.5) is 4.39 Å². The zero-order valence-corrected chi connectivity index (χ0v) is 10.3. The highest BCUT2D eigenvalue weighted by Crippen LogP contribution is 2.31. The second kappa shape index (κ2) is 5.07.